The summed E-state index contributed by atoms with van der Waals surface area (Å²) in [4.78, 5) is 26.2. The molecule has 0 heterocycles. The fourth-order valence-electron chi connectivity index (χ4n) is 0.773. The summed E-state index contributed by atoms with van der Waals surface area (Å²) in [5, 5.41) is 16.7. The molecule has 0 bridgehead atoms. The Hall–Kier alpha value is -1.86. The Morgan fingerprint density at radius 3 is 2.44 bits per heavy atom. The number of ether oxygens (including phenoxy) is 1. The van der Waals surface area contributed by atoms with Crippen LogP contribution in [0.3, 0.4) is 0 Å². The number of carboxylic acids is 1. The van der Waals surface area contributed by atoms with Gasteiger partial charge >= 0.3 is 11.9 Å². The largest absolute Gasteiger partial charge is 0.481 e. The average Bonchev–Trinajstić information content (AvgIpc) is 2.26. The topological polar surface area (TPSA) is 101 Å². The molecule has 0 spiro atoms. The normalized spacial score (nSPS) is 12.5. The van der Waals surface area contributed by atoms with Crippen molar-refractivity contribution in [3.05, 3.63) is 0 Å². The number of aliphatic carboxylic acids is 1. The molecule has 0 rings (SSSR count). The molecule has 0 radical (unpaired) electrons. The molecule has 1 atom stereocenters. The SMILES string of the molecule is CC(O/N=N\N(C)CCC(=O)O)OC(=O)C(C)C. The van der Waals surface area contributed by atoms with Crippen LogP contribution in [0.4, 0.5) is 0 Å². The Labute approximate surface area is 105 Å². The van der Waals surface area contributed by atoms with Gasteiger partial charge < -0.3 is 14.7 Å². The van der Waals surface area contributed by atoms with Crippen molar-refractivity contribution in [3.8, 4) is 0 Å². The monoisotopic (exact) mass is 261 g/mol. The van der Waals surface area contributed by atoms with Crippen LogP contribution in [0.25, 0.3) is 0 Å². The summed E-state index contributed by atoms with van der Waals surface area (Å²) in [6.07, 6.45) is -0.885. The van der Waals surface area contributed by atoms with Crippen LogP contribution in [-0.4, -0.2) is 41.9 Å². The highest BCUT2D eigenvalue weighted by atomic mass is 16.8. The summed E-state index contributed by atoms with van der Waals surface area (Å²) in [6, 6.07) is 0. The minimum Gasteiger partial charge on any atom is -0.481 e. The molecule has 0 saturated heterocycles. The van der Waals surface area contributed by atoms with Gasteiger partial charge in [-0.1, -0.05) is 13.8 Å². The second-order valence-electron chi connectivity index (χ2n) is 3.96. The maximum atomic E-state index is 11.2. The maximum absolute atomic E-state index is 11.2. The van der Waals surface area contributed by atoms with E-state index in [1.165, 1.54) is 11.9 Å². The molecule has 1 N–H and O–H groups in total. The molecule has 8 heteroatoms. The number of carbonyl (C=O) groups excluding carboxylic acids is 1. The molecule has 8 nitrogen and oxygen atoms in total. The van der Waals surface area contributed by atoms with Gasteiger partial charge in [-0.25, -0.2) is 0 Å². The molecule has 18 heavy (non-hydrogen) atoms. The zero-order valence-electron chi connectivity index (χ0n) is 11.0. The third-order valence-electron chi connectivity index (χ3n) is 1.79. The fourth-order valence-corrected chi connectivity index (χ4v) is 0.773. The van der Waals surface area contributed by atoms with Crippen molar-refractivity contribution < 1.29 is 24.3 Å². The number of carboxylic acid groups (broad SMARTS) is 1. The number of rotatable bonds is 8. The van der Waals surface area contributed by atoms with Crippen molar-refractivity contribution in [2.24, 2.45) is 16.4 Å². The smallest absolute Gasteiger partial charge is 0.311 e. The summed E-state index contributed by atoms with van der Waals surface area (Å²) in [5.41, 5.74) is 0. The van der Waals surface area contributed by atoms with Crippen LogP contribution < -0.4 is 0 Å². The lowest BCUT2D eigenvalue weighted by molar-refractivity contribution is -0.181. The van der Waals surface area contributed by atoms with Crippen LogP contribution in [0.2, 0.25) is 0 Å². The van der Waals surface area contributed by atoms with Crippen LogP contribution in [0.1, 0.15) is 27.2 Å². The van der Waals surface area contributed by atoms with Gasteiger partial charge in [-0.2, -0.15) is 0 Å². The first-order valence-electron chi connectivity index (χ1n) is 5.53. The van der Waals surface area contributed by atoms with Crippen LogP contribution >= 0.6 is 0 Å². The minimum atomic E-state index is -0.919. The Bertz CT molecular complexity index is 306. The molecule has 0 aliphatic heterocycles. The zero-order valence-corrected chi connectivity index (χ0v) is 11.0. The number of carbonyl (C=O) groups is 2. The summed E-state index contributed by atoms with van der Waals surface area (Å²) >= 11 is 0. The molecule has 0 aromatic carbocycles. The number of nitrogens with zero attached hydrogens (tertiary/aromatic N) is 3. The molecule has 0 fully saturated rings. The molecule has 1 unspecified atom stereocenters. The van der Waals surface area contributed by atoms with Crippen LogP contribution in [0.15, 0.2) is 10.5 Å². The van der Waals surface area contributed by atoms with Crippen molar-refractivity contribution in [1.82, 2.24) is 5.01 Å². The van der Waals surface area contributed by atoms with E-state index in [0.29, 0.717) is 0 Å². The van der Waals surface area contributed by atoms with E-state index in [-0.39, 0.29) is 18.9 Å². The molecular weight excluding hydrogens is 242 g/mol. The van der Waals surface area contributed by atoms with Gasteiger partial charge in [0.15, 0.2) is 0 Å². The van der Waals surface area contributed by atoms with Crippen LogP contribution in [-0.2, 0) is 19.2 Å². The van der Waals surface area contributed by atoms with Crippen molar-refractivity contribution in [2.45, 2.75) is 33.5 Å². The van der Waals surface area contributed by atoms with E-state index in [0.717, 1.165) is 0 Å². The third kappa shape index (κ3) is 8.31. The van der Waals surface area contributed by atoms with Crippen molar-refractivity contribution in [1.29, 1.82) is 0 Å². The van der Waals surface area contributed by atoms with Gasteiger partial charge in [-0.15, -0.1) is 0 Å². The van der Waals surface area contributed by atoms with E-state index in [2.05, 4.69) is 10.5 Å². The van der Waals surface area contributed by atoms with Gasteiger partial charge in [0.25, 0.3) is 6.29 Å². The summed E-state index contributed by atoms with van der Waals surface area (Å²) in [7, 11) is 1.56. The van der Waals surface area contributed by atoms with E-state index in [1.807, 2.05) is 0 Å². The first-order chi connectivity index (χ1) is 8.32. The summed E-state index contributed by atoms with van der Waals surface area (Å²) in [5.74, 6) is -1.56. The lowest BCUT2D eigenvalue weighted by Crippen LogP contribution is -2.20. The molecule has 0 aliphatic carbocycles. The van der Waals surface area contributed by atoms with Gasteiger partial charge in [-0.05, 0) is 5.22 Å². The fraction of sp³-hybridized carbons (Fsp3) is 0.800. The highest BCUT2D eigenvalue weighted by Gasteiger charge is 2.13. The Kier molecular flexibility index (Phi) is 7.41. The predicted molar refractivity (Wildman–Crippen MR) is 61.2 cm³/mol. The molecule has 0 aromatic heterocycles. The third-order valence-corrected chi connectivity index (χ3v) is 1.79. The molecule has 104 valence electrons. The first kappa shape index (κ1) is 16.1. The standard InChI is InChI=1S/C10H19N3O5/c1-7(2)10(16)17-8(3)18-12-11-13(4)6-5-9(14)15/h7-8H,5-6H2,1-4H3,(H,14,15)/b12-11-. The van der Waals surface area contributed by atoms with E-state index < -0.39 is 18.2 Å². The average molecular weight is 261 g/mol. The zero-order chi connectivity index (χ0) is 14.1. The Balaban J connectivity index is 3.86. The van der Waals surface area contributed by atoms with Crippen LogP contribution in [0, 0.1) is 5.92 Å². The quantitative estimate of drug-likeness (QED) is 0.305. The molecule has 0 amide bonds. The Morgan fingerprint density at radius 2 is 1.94 bits per heavy atom. The predicted octanol–water partition coefficient (Wildman–Crippen LogP) is 1.24. The van der Waals surface area contributed by atoms with Gasteiger partial charge in [0.2, 0.25) is 0 Å². The number of hydrogen-bond acceptors (Lipinski definition) is 6. The maximum Gasteiger partial charge on any atom is 0.311 e. The number of hydrogen-bond donors (Lipinski definition) is 1. The Morgan fingerprint density at radius 1 is 1.33 bits per heavy atom. The molecule has 0 aromatic rings. The van der Waals surface area contributed by atoms with Crippen molar-refractivity contribution >= 4 is 11.9 Å². The molecule has 0 aliphatic rings. The van der Waals surface area contributed by atoms with Gasteiger partial charge in [0, 0.05) is 25.8 Å². The van der Waals surface area contributed by atoms with Crippen molar-refractivity contribution in [2.75, 3.05) is 13.6 Å². The second kappa shape index (κ2) is 8.26. The minimum absolute atomic E-state index is 0.0482. The van der Waals surface area contributed by atoms with E-state index in [1.54, 1.807) is 20.9 Å². The van der Waals surface area contributed by atoms with Crippen LogP contribution in [0.5, 0.6) is 0 Å². The second-order valence-corrected chi connectivity index (χ2v) is 3.96. The van der Waals surface area contributed by atoms with Gasteiger partial charge in [0.1, 0.15) is 0 Å². The van der Waals surface area contributed by atoms with Gasteiger partial charge in [-0.3, -0.25) is 14.6 Å². The van der Waals surface area contributed by atoms with E-state index in [4.69, 9.17) is 14.7 Å². The lowest BCUT2D eigenvalue weighted by Gasteiger charge is -2.13. The van der Waals surface area contributed by atoms with Crippen molar-refractivity contribution in [3.63, 3.8) is 0 Å². The van der Waals surface area contributed by atoms with E-state index >= 15 is 0 Å². The van der Waals surface area contributed by atoms with E-state index in [9.17, 15) is 9.59 Å². The highest BCUT2D eigenvalue weighted by molar-refractivity contribution is 5.71. The highest BCUT2D eigenvalue weighted by Crippen LogP contribution is 2.02. The van der Waals surface area contributed by atoms with Gasteiger partial charge in [0.05, 0.1) is 12.3 Å². The first-order valence-corrected chi connectivity index (χ1v) is 5.53. The summed E-state index contributed by atoms with van der Waals surface area (Å²) < 4.78 is 4.86. The number of esters is 1. The molecule has 0 saturated carbocycles. The molecular formula is C10H19N3O5. The summed E-state index contributed by atoms with van der Waals surface area (Å²) in [6.45, 7) is 5.13. The lowest BCUT2D eigenvalue weighted by atomic mass is 10.2.